The van der Waals surface area contributed by atoms with Crippen molar-refractivity contribution in [2.75, 3.05) is 7.11 Å². The number of aliphatic hydroxyl groups excluding tert-OH is 1. The Hall–Kier alpha value is -2.33. The summed E-state index contributed by atoms with van der Waals surface area (Å²) < 4.78 is 10.2. The number of aliphatic hydroxyl groups is 1. The molecule has 1 aromatic carbocycles. The molecular formula is C20H24O4. The summed E-state index contributed by atoms with van der Waals surface area (Å²) in [6, 6.07) is 7.87. The summed E-state index contributed by atoms with van der Waals surface area (Å²) in [6.45, 7) is 0. The highest BCUT2D eigenvalue weighted by molar-refractivity contribution is 5.71. The molecule has 0 amide bonds. The number of cyclic esters (lactones) is 1. The van der Waals surface area contributed by atoms with E-state index in [1.165, 1.54) is 5.56 Å². The van der Waals surface area contributed by atoms with Crippen LogP contribution in [0.25, 0.3) is 0 Å². The maximum atomic E-state index is 10.9. The average Bonchev–Trinajstić information content (AvgIpc) is 3.02. The topological polar surface area (TPSA) is 55.8 Å². The van der Waals surface area contributed by atoms with Gasteiger partial charge in [-0.1, -0.05) is 42.5 Å². The van der Waals surface area contributed by atoms with E-state index in [4.69, 9.17) is 9.47 Å². The largest absolute Gasteiger partial charge is 0.497 e. The van der Waals surface area contributed by atoms with E-state index in [1.807, 2.05) is 54.6 Å². The molecule has 0 aliphatic carbocycles. The molecule has 1 aliphatic rings. The summed E-state index contributed by atoms with van der Waals surface area (Å²) in [5.74, 6) is 0.707. The fourth-order valence-electron chi connectivity index (χ4n) is 2.39. The van der Waals surface area contributed by atoms with Crippen LogP contribution in [0.1, 0.15) is 24.8 Å². The standard InChI is InChI=1S/C20H24O4/c1-23-18-12-9-16(10-13-18)8-11-17(21)6-4-2-3-5-7-19-14-15-20(22)24-19/h2-7,9-10,12-13,17,19,21H,8,11,14-15H2,1H3/b3-2+,6-4+,7-5+. The minimum atomic E-state index is -0.475. The lowest BCUT2D eigenvalue weighted by atomic mass is 10.1. The van der Waals surface area contributed by atoms with Crippen LogP contribution in [0.3, 0.4) is 0 Å². The lowest BCUT2D eigenvalue weighted by Crippen LogP contribution is -2.03. The second-order valence-electron chi connectivity index (χ2n) is 5.68. The van der Waals surface area contributed by atoms with Crippen molar-refractivity contribution in [1.82, 2.24) is 0 Å². The van der Waals surface area contributed by atoms with Gasteiger partial charge < -0.3 is 14.6 Å². The average molecular weight is 328 g/mol. The lowest BCUT2D eigenvalue weighted by molar-refractivity contribution is -0.139. The van der Waals surface area contributed by atoms with E-state index in [2.05, 4.69) is 0 Å². The molecule has 128 valence electrons. The van der Waals surface area contributed by atoms with Crippen molar-refractivity contribution < 1.29 is 19.4 Å². The molecule has 4 nitrogen and oxygen atoms in total. The highest BCUT2D eigenvalue weighted by Crippen LogP contribution is 2.15. The molecule has 2 atom stereocenters. The molecule has 1 aromatic rings. The zero-order valence-corrected chi connectivity index (χ0v) is 13.9. The van der Waals surface area contributed by atoms with Crippen molar-refractivity contribution >= 4 is 5.97 Å². The molecule has 1 N–H and O–H groups in total. The molecule has 0 radical (unpaired) electrons. The molecule has 0 spiro atoms. The summed E-state index contributed by atoms with van der Waals surface area (Å²) in [4.78, 5) is 10.9. The van der Waals surface area contributed by atoms with Gasteiger partial charge in [0.1, 0.15) is 11.9 Å². The molecule has 24 heavy (non-hydrogen) atoms. The molecule has 0 bridgehead atoms. The number of rotatable bonds is 8. The molecule has 4 heteroatoms. The predicted octanol–water partition coefficient (Wildman–Crippen LogP) is 3.36. The second kappa shape index (κ2) is 9.73. The monoisotopic (exact) mass is 328 g/mol. The molecule has 1 saturated heterocycles. The number of esters is 1. The summed E-state index contributed by atoms with van der Waals surface area (Å²) in [5, 5.41) is 9.95. The normalized spacial score (nSPS) is 19.4. The molecule has 2 rings (SSSR count). The number of hydrogen-bond acceptors (Lipinski definition) is 4. The van der Waals surface area contributed by atoms with Crippen LogP contribution in [0.2, 0.25) is 0 Å². The van der Waals surface area contributed by atoms with Gasteiger partial charge in [0.2, 0.25) is 0 Å². The van der Waals surface area contributed by atoms with Crippen LogP contribution >= 0.6 is 0 Å². The highest BCUT2D eigenvalue weighted by atomic mass is 16.5. The fourth-order valence-corrected chi connectivity index (χ4v) is 2.39. The Labute approximate surface area is 143 Å². The number of ether oxygens (including phenoxy) is 2. The van der Waals surface area contributed by atoms with Crippen LogP contribution in [0.15, 0.2) is 60.7 Å². The Morgan fingerprint density at radius 3 is 2.67 bits per heavy atom. The minimum absolute atomic E-state index is 0.0961. The van der Waals surface area contributed by atoms with E-state index in [1.54, 1.807) is 13.2 Å². The number of carbonyl (C=O) groups excluding carboxylic acids is 1. The van der Waals surface area contributed by atoms with Crippen molar-refractivity contribution in [2.45, 2.75) is 37.9 Å². The van der Waals surface area contributed by atoms with E-state index in [0.29, 0.717) is 12.8 Å². The molecular weight excluding hydrogens is 304 g/mol. The second-order valence-corrected chi connectivity index (χ2v) is 5.68. The lowest BCUT2D eigenvalue weighted by Gasteiger charge is -2.06. The Morgan fingerprint density at radius 2 is 2.00 bits per heavy atom. The molecule has 0 aromatic heterocycles. The first-order valence-corrected chi connectivity index (χ1v) is 8.19. The zero-order chi connectivity index (χ0) is 17.2. The van der Waals surface area contributed by atoms with Crippen molar-refractivity contribution in [3.63, 3.8) is 0 Å². The maximum Gasteiger partial charge on any atom is 0.306 e. The Kier molecular flexibility index (Phi) is 7.30. The number of methoxy groups -OCH3 is 1. The number of carbonyl (C=O) groups is 1. The van der Waals surface area contributed by atoms with Gasteiger partial charge in [-0.15, -0.1) is 0 Å². The Bertz CT molecular complexity index is 599. The molecule has 1 fully saturated rings. The van der Waals surface area contributed by atoms with Crippen molar-refractivity contribution in [2.24, 2.45) is 0 Å². The quantitative estimate of drug-likeness (QED) is 0.587. The van der Waals surface area contributed by atoms with Crippen LogP contribution in [0.4, 0.5) is 0 Å². The van der Waals surface area contributed by atoms with Gasteiger partial charge in [-0.3, -0.25) is 4.79 Å². The highest BCUT2D eigenvalue weighted by Gasteiger charge is 2.19. The Balaban J connectivity index is 1.66. The summed E-state index contributed by atoms with van der Waals surface area (Å²) in [6.07, 6.45) is 13.2. The summed E-state index contributed by atoms with van der Waals surface area (Å²) >= 11 is 0. The molecule has 2 unspecified atom stereocenters. The number of aryl methyl sites for hydroxylation is 1. The molecule has 1 aliphatic heterocycles. The van der Waals surface area contributed by atoms with Crippen LogP contribution < -0.4 is 4.74 Å². The van der Waals surface area contributed by atoms with E-state index in [-0.39, 0.29) is 12.1 Å². The van der Waals surface area contributed by atoms with Gasteiger partial charge in [0.05, 0.1) is 13.2 Å². The third-order valence-electron chi connectivity index (χ3n) is 3.80. The number of hydrogen-bond donors (Lipinski definition) is 1. The number of benzene rings is 1. The van der Waals surface area contributed by atoms with Gasteiger partial charge in [-0.2, -0.15) is 0 Å². The summed E-state index contributed by atoms with van der Waals surface area (Å²) in [5.41, 5.74) is 1.17. The van der Waals surface area contributed by atoms with Gasteiger partial charge in [-0.05, 0) is 43.0 Å². The van der Waals surface area contributed by atoms with Gasteiger partial charge in [0.15, 0.2) is 0 Å². The minimum Gasteiger partial charge on any atom is -0.497 e. The van der Waals surface area contributed by atoms with Crippen molar-refractivity contribution in [3.8, 4) is 5.75 Å². The van der Waals surface area contributed by atoms with E-state index in [9.17, 15) is 9.90 Å². The Morgan fingerprint density at radius 1 is 1.25 bits per heavy atom. The molecule has 0 saturated carbocycles. The van der Waals surface area contributed by atoms with E-state index in [0.717, 1.165) is 18.6 Å². The van der Waals surface area contributed by atoms with Crippen LogP contribution in [0.5, 0.6) is 5.75 Å². The van der Waals surface area contributed by atoms with Gasteiger partial charge in [0, 0.05) is 6.42 Å². The van der Waals surface area contributed by atoms with Crippen LogP contribution in [-0.2, 0) is 16.0 Å². The van der Waals surface area contributed by atoms with Crippen molar-refractivity contribution in [3.05, 3.63) is 66.3 Å². The first-order chi connectivity index (χ1) is 11.7. The van der Waals surface area contributed by atoms with Gasteiger partial charge in [0.25, 0.3) is 0 Å². The third-order valence-corrected chi connectivity index (χ3v) is 3.80. The molecule has 1 heterocycles. The summed E-state index contributed by atoms with van der Waals surface area (Å²) in [7, 11) is 1.65. The van der Waals surface area contributed by atoms with Crippen LogP contribution in [-0.4, -0.2) is 30.4 Å². The maximum absolute atomic E-state index is 10.9. The van der Waals surface area contributed by atoms with Gasteiger partial charge >= 0.3 is 5.97 Å². The SMILES string of the molecule is COc1ccc(CCC(O)/C=C/C=C/C=C/C2CCC(=O)O2)cc1. The fraction of sp³-hybridized carbons (Fsp3) is 0.350. The van der Waals surface area contributed by atoms with Crippen LogP contribution in [0, 0.1) is 0 Å². The zero-order valence-electron chi connectivity index (χ0n) is 13.9. The van der Waals surface area contributed by atoms with Crippen molar-refractivity contribution in [1.29, 1.82) is 0 Å². The smallest absolute Gasteiger partial charge is 0.306 e. The third kappa shape index (κ3) is 6.42. The number of allylic oxidation sites excluding steroid dienone is 4. The first-order valence-electron chi connectivity index (χ1n) is 8.19. The predicted molar refractivity (Wildman–Crippen MR) is 93.9 cm³/mol. The van der Waals surface area contributed by atoms with E-state index < -0.39 is 6.10 Å². The van der Waals surface area contributed by atoms with E-state index >= 15 is 0 Å². The van der Waals surface area contributed by atoms with Gasteiger partial charge in [-0.25, -0.2) is 0 Å². The first kappa shape index (κ1) is 18.0.